The lowest BCUT2D eigenvalue weighted by molar-refractivity contribution is 0.0942. The van der Waals surface area contributed by atoms with Gasteiger partial charge in [-0.05, 0) is 6.07 Å². The number of carbonyl (C=O) groups excluding carboxylic acids is 1. The molecule has 2 aromatic rings. The number of phenols is 1. The minimum absolute atomic E-state index is 0.0483. The van der Waals surface area contributed by atoms with Crippen molar-refractivity contribution in [2.24, 2.45) is 0 Å². The third kappa shape index (κ3) is 2.90. The summed E-state index contributed by atoms with van der Waals surface area (Å²) in [5.41, 5.74) is -0.467. The van der Waals surface area contributed by atoms with Crippen molar-refractivity contribution in [2.75, 3.05) is 0 Å². The van der Waals surface area contributed by atoms with E-state index >= 15 is 0 Å². The van der Waals surface area contributed by atoms with Crippen LogP contribution in [0.5, 0.6) is 5.75 Å². The van der Waals surface area contributed by atoms with Crippen LogP contribution in [0.1, 0.15) is 15.9 Å². The second kappa shape index (κ2) is 5.64. The molecule has 0 saturated heterocycles. The van der Waals surface area contributed by atoms with Gasteiger partial charge < -0.3 is 10.4 Å². The van der Waals surface area contributed by atoms with Crippen LogP contribution in [-0.4, -0.2) is 11.0 Å². The van der Waals surface area contributed by atoms with E-state index in [4.69, 9.17) is 0 Å². The number of hydrogen-bond donors (Lipinski definition) is 2. The predicted molar refractivity (Wildman–Crippen MR) is 65.6 cm³/mol. The maximum Gasteiger partial charge on any atom is 0.257 e. The molecule has 0 atom stereocenters. The summed E-state index contributed by atoms with van der Waals surface area (Å²) in [7, 11) is 0. The normalized spacial score (nSPS) is 10.3. The Morgan fingerprint density at radius 1 is 1.10 bits per heavy atom. The van der Waals surface area contributed by atoms with Crippen molar-refractivity contribution in [3.63, 3.8) is 0 Å². The Morgan fingerprint density at radius 2 is 1.70 bits per heavy atom. The van der Waals surface area contributed by atoms with Crippen molar-refractivity contribution < 1.29 is 23.1 Å². The zero-order chi connectivity index (χ0) is 14.7. The van der Waals surface area contributed by atoms with Crippen molar-refractivity contribution >= 4 is 5.91 Å². The van der Waals surface area contributed by atoms with Crippen molar-refractivity contribution in [1.82, 2.24) is 5.32 Å². The average molecular weight is 281 g/mol. The quantitative estimate of drug-likeness (QED) is 0.908. The lowest BCUT2D eigenvalue weighted by Gasteiger charge is -2.08. The first kappa shape index (κ1) is 13.9. The number of aromatic hydroxyl groups is 1. The van der Waals surface area contributed by atoms with E-state index in [1.54, 1.807) is 18.2 Å². The number of para-hydroxylation sites is 1. The van der Waals surface area contributed by atoms with Crippen LogP contribution in [0, 0.1) is 17.5 Å². The third-order valence-corrected chi connectivity index (χ3v) is 2.66. The average Bonchev–Trinajstić information content (AvgIpc) is 2.36. The number of nitrogens with one attached hydrogen (secondary N) is 1. The number of carbonyl (C=O) groups is 1. The van der Waals surface area contributed by atoms with Crippen LogP contribution < -0.4 is 5.32 Å². The number of phenolic OH excluding ortho intramolecular Hbond substituents is 1. The first-order valence-corrected chi connectivity index (χ1v) is 5.68. The third-order valence-electron chi connectivity index (χ3n) is 2.66. The topological polar surface area (TPSA) is 49.3 Å². The van der Waals surface area contributed by atoms with E-state index in [0.717, 1.165) is 0 Å². The van der Waals surface area contributed by atoms with Crippen molar-refractivity contribution in [3.8, 4) is 5.75 Å². The summed E-state index contributed by atoms with van der Waals surface area (Å²) in [5.74, 6) is -4.73. The van der Waals surface area contributed by atoms with E-state index in [1.807, 2.05) is 0 Å². The van der Waals surface area contributed by atoms with Gasteiger partial charge in [-0.2, -0.15) is 0 Å². The van der Waals surface area contributed by atoms with Gasteiger partial charge in [-0.15, -0.1) is 0 Å². The van der Waals surface area contributed by atoms with E-state index in [0.29, 0.717) is 17.7 Å². The zero-order valence-corrected chi connectivity index (χ0v) is 10.2. The summed E-state index contributed by atoms with van der Waals surface area (Å²) in [5, 5.41) is 11.7. The van der Waals surface area contributed by atoms with Crippen LogP contribution in [0.4, 0.5) is 13.2 Å². The van der Waals surface area contributed by atoms with Crippen LogP contribution in [0.25, 0.3) is 0 Å². The van der Waals surface area contributed by atoms with Crippen LogP contribution in [0.15, 0.2) is 36.4 Å². The summed E-state index contributed by atoms with van der Waals surface area (Å²) in [4.78, 5) is 11.7. The number of amides is 1. The Morgan fingerprint density at radius 3 is 2.30 bits per heavy atom. The van der Waals surface area contributed by atoms with E-state index in [9.17, 15) is 23.1 Å². The highest BCUT2D eigenvalue weighted by molar-refractivity contribution is 5.94. The second-order valence-corrected chi connectivity index (χ2v) is 4.06. The molecule has 0 spiro atoms. The molecule has 0 unspecified atom stereocenters. The van der Waals surface area contributed by atoms with Gasteiger partial charge in [-0.25, -0.2) is 13.2 Å². The van der Waals surface area contributed by atoms with Gasteiger partial charge in [0.1, 0.15) is 28.8 Å². The summed E-state index contributed by atoms with van der Waals surface area (Å²) in [6.45, 7) is -0.109. The molecule has 0 aliphatic heterocycles. The minimum Gasteiger partial charge on any atom is -0.508 e. The zero-order valence-electron chi connectivity index (χ0n) is 10.2. The molecule has 2 N–H and O–H groups in total. The van der Waals surface area contributed by atoms with Crippen molar-refractivity contribution in [3.05, 3.63) is 65.0 Å². The maximum absolute atomic E-state index is 13.4. The smallest absolute Gasteiger partial charge is 0.257 e. The molecule has 0 bridgehead atoms. The summed E-state index contributed by atoms with van der Waals surface area (Å²) in [6, 6.07) is 7.06. The molecule has 0 heterocycles. The Hall–Kier alpha value is -2.50. The molecule has 2 rings (SSSR count). The highest BCUT2D eigenvalue weighted by Gasteiger charge is 2.18. The Balaban J connectivity index is 2.16. The Bertz CT molecular complexity index is 636. The fourth-order valence-electron chi connectivity index (χ4n) is 1.68. The maximum atomic E-state index is 13.4. The predicted octanol–water partition coefficient (Wildman–Crippen LogP) is 2.74. The van der Waals surface area contributed by atoms with Crippen LogP contribution >= 0.6 is 0 Å². The first-order chi connectivity index (χ1) is 9.49. The first-order valence-electron chi connectivity index (χ1n) is 5.68. The van der Waals surface area contributed by atoms with Gasteiger partial charge in [0.25, 0.3) is 5.91 Å². The lowest BCUT2D eigenvalue weighted by Crippen LogP contribution is -2.25. The molecule has 0 saturated carbocycles. The van der Waals surface area contributed by atoms with Gasteiger partial charge in [0.05, 0.1) is 0 Å². The van der Waals surface area contributed by atoms with Gasteiger partial charge in [0, 0.05) is 24.2 Å². The standard InChI is InChI=1S/C14H10F3NO2/c15-9-5-10(16)13(11(17)6-9)14(20)18-7-8-3-1-2-4-12(8)19/h1-6,19H,7H2,(H,18,20). The second-order valence-electron chi connectivity index (χ2n) is 4.06. The Labute approximate surface area is 112 Å². The van der Waals surface area contributed by atoms with Crippen LogP contribution in [-0.2, 0) is 6.54 Å². The fraction of sp³-hybridized carbons (Fsp3) is 0.0714. The molecule has 0 aliphatic rings. The van der Waals surface area contributed by atoms with Gasteiger partial charge >= 0.3 is 0 Å². The van der Waals surface area contributed by atoms with Crippen LogP contribution in [0.3, 0.4) is 0 Å². The molecule has 20 heavy (non-hydrogen) atoms. The molecular formula is C14H10F3NO2. The molecule has 0 aliphatic carbocycles. The summed E-state index contributed by atoms with van der Waals surface area (Å²) in [6.07, 6.45) is 0. The fourth-order valence-corrected chi connectivity index (χ4v) is 1.68. The van der Waals surface area contributed by atoms with Gasteiger partial charge in [-0.1, -0.05) is 18.2 Å². The van der Waals surface area contributed by atoms with Gasteiger partial charge in [-0.3, -0.25) is 4.79 Å². The monoisotopic (exact) mass is 281 g/mol. The Kier molecular flexibility index (Phi) is 3.93. The SMILES string of the molecule is O=C(NCc1ccccc1O)c1c(F)cc(F)cc1F. The number of halogens is 3. The van der Waals surface area contributed by atoms with E-state index in [1.165, 1.54) is 6.07 Å². The van der Waals surface area contributed by atoms with E-state index < -0.39 is 28.9 Å². The highest BCUT2D eigenvalue weighted by atomic mass is 19.1. The summed E-state index contributed by atoms with van der Waals surface area (Å²) >= 11 is 0. The molecule has 0 fully saturated rings. The lowest BCUT2D eigenvalue weighted by atomic mass is 10.1. The number of hydrogen-bond acceptors (Lipinski definition) is 2. The number of rotatable bonds is 3. The minimum atomic E-state index is -1.28. The largest absolute Gasteiger partial charge is 0.508 e. The van der Waals surface area contributed by atoms with Crippen molar-refractivity contribution in [1.29, 1.82) is 0 Å². The molecule has 0 aromatic heterocycles. The molecule has 0 radical (unpaired) electrons. The van der Waals surface area contributed by atoms with Gasteiger partial charge in [0.15, 0.2) is 0 Å². The molecule has 1 amide bonds. The molecule has 104 valence electrons. The van der Waals surface area contributed by atoms with E-state index in [2.05, 4.69) is 5.32 Å². The van der Waals surface area contributed by atoms with Crippen LogP contribution in [0.2, 0.25) is 0 Å². The number of benzene rings is 2. The van der Waals surface area contributed by atoms with Gasteiger partial charge in [0.2, 0.25) is 0 Å². The van der Waals surface area contributed by atoms with E-state index in [-0.39, 0.29) is 12.3 Å². The molecule has 6 heteroatoms. The molecule has 3 nitrogen and oxygen atoms in total. The molecule has 2 aromatic carbocycles. The molecular weight excluding hydrogens is 271 g/mol. The highest BCUT2D eigenvalue weighted by Crippen LogP contribution is 2.17. The van der Waals surface area contributed by atoms with Crippen molar-refractivity contribution in [2.45, 2.75) is 6.54 Å². The summed E-state index contributed by atoms with van der Waals surface area (Å²) < 4.78 is 39.5.